The Kier molecular flexibility index (Phi) is 4.50. The topological polar surface area (TPSA) is 77.7 Å². The summed E-state index contributed by atoms with van der Waals surface area (Å²) >= 11 is 0. The van der Waals surface area contributed by atoms with Crippen LogP contribution in [0.1, 0.15) is 34.1 Å². The van der Waals surface area contributed by atoms with Crippen LogP contribution in [0.15, 0.2) is 28.8 Å². The van der Waals surface area contributed by atoms with Crippen LogP contribution < -0.4 is 0 Å². The molecular weight excluding hydrogens is 334 g/mol. The summed E-state index contributed by atoms with van der Waals surface area (Å²) in [5.41, 5.74) is 2.00. The molecule has 138 valence electrons. The normalized spacial score (nSPS) is 21.2. The quantitative estimate of drug-likeness (QED) is 0.816. The van der Waals surface area contributed by atoms with E-state index in [0.717, 1.165) is 17.8 Å². The number of amides is 1. The van der Waals surface area contributed by atoms with Crippen molar-refractivity contribution in [2.45, 2.75) is 32.5 Å². The molecule has 2 aliphatic heterocycles. The van der Waals surface area contributed by atoms with Gasteiger partial charge in [0.05, 0.1) is 32.0 Å². The maximum absolute atomic E-state index is 12.4. The van der Waals surface area contributed by atoms with Gasteiger partial charge >= 0.3 is 0 Å². The number of rotatable bonds is 5. The van der Waals surface area contributed by atoms with Crippen molar-refractivity contribution in [2.75, 3.05) is 26.3 Å². The van der Waals surface area contributed by atoms with Gasteiger partial charge in [0, 0.05) is 24.3 Å². The molecule has 2 aliphatic rings. The summed E-state index contributed by atoms with van der Waals surface area (Å²) in [6, 6.07) is 7.59. The number of aromatic nitrogens is 2. The molecule has 0 aliphatic carbocycles. The number of carbonyl (C=O) groups excluding carboxylic acids is 1. The molecule has 2 saturated heterocycles. The zero-order valence-electron chi connectivity index (χ0n) is 15.1. The third-order valence-corrected chi connectivity index (χ3v) is 5.17. The highest BCUT2D eigenvalue weighted by Crippen LogP contribution is 2.40. The lowest BCUT2D eigenvalue weighted by molar-refractivity contribution is -0.129. The first-order chi connectivity index (χ1) is 12.6. The van der Waals surface area contributed by atoms with E-state index in [2.05, 4.69) is 10.1 Å². The van der Waals surface area contributed by atoms with Crippen molar-refractivity contribution in [3.63, 3.8) is 0 Å². The Labute approximate surface area is 152 Å². The van der Waals surface area contributed by atoms with Crippen molar-refractivity contribution in [2.24, 2.45) is 5.92 Å². The lowest BCUT2D eigenvalue weighted by atomic mass is 9.81. The molecule has 0 saturated carbocycles. The van der Waals surface area contributed by atoms with Crippen molar-refractivity contribution >= 4 is 5.91 Å². The molecule has 0 bridgehead atoms. The molecular formula is C19H23N3O4. The SMILES string of the molecule is Cc1cccc(COCC2CCOC23CN(C(=O)c2cc(C)on2)C3)n1. The van der Waals surface area contributed by atoms with E-state index in [-0.39, 0.29) is 17.4 Å². The monoisotopic (exact) mass is 357 g/mol. The number of hydrogen-bond acceptors (Lipinski definition) is 6. The molecule has 1 amide bonds. The summed E-state index contributed by atoms with van der Waals surface area (Å²) in [6.07, 6.45) is 0.951. The smallest absolute Gasteiger partial charge is 0.276 e. The van der Waals surface area contributed by atoms with Crippen LogP contribution in [0, 0.1) is 19.8 Å². The van der Waals surface area contributed by atoms with Gasteiger partial charge in [-0.2, -0.15) is 0 Å². The highest BCUT2D eigenvalue weighted by molar-refractivity contribution is 5.93. The van der Waals surface area contributed by atoms with Gasteiger partial charge in [-0.1, -0.05) is 11.2 Å². The highest BCUT2D eigenvalue weighted by Gasteiger charge is 2.54. The average molecular weight is 357 g/mol. The highest BCUT2D eigenvalue weighted by atomic mass is 16.5. The first-order valence-corrected chi connectivity index (χ1v) is 8.93. The Balaban J connectivity index is 1.31. The van der Waals surface area contributed by atoms with Crippen LogP contribution in [0.5, 0.6) is 0 Å². The van der Waals surface area contributed by atoms with Crippen molar-refractivity contribution in [1.29, 1.82) is 0 Å². The van der Waals surface area contributed by atoms with Gasteiger partial charge in [0.2, 0.25) is 0 Å². The number of ether oxygens (including phenoxy) is 2. The minimum atomic E-state index is -0.283. The number of likely N-dealkylation sites (tertiary alicyclic amines) is 1. The minimum absolute atomic E-state index is 0.105. The summed E-state index contributed by atoms with van der Waals surface area (Å²) in [7, 11) is 0. The predicted octanol–water partition coefficient (Wildman–Crippen LogP) is 2.13. The molecule has 1 atom stereocenters. The van der Waals surface area contributed by atoms with Crippen molar-refractivity contribution in [3.05, 3.63) is 47.1 Å². The first-order valence-electron chi connectivity index (χ1n) is 8.93. The summed E-state index contributed by atoms with van der Waals surface area (Å²) in [4.78, 5) is 18.6. The molecule has 2 aromatic rings. The van der Waals surface area contributed by atoms with E-state index in [9.17, 15) is 4.79 Å². The van der Waals surface area contributed by atoms with Gasteiger partial charge in [-0.3, -0.25) is 9.78 Å². The molecule has 4 heterocycles. The van der Waals surface area contributed by atoms with Crippen LogP contribution in [0.4, 0.5) is 0 Å². The van der Waals surface area contributed by atoms with Crippen LogP contribution in [0.3, 0.4) is 0 Å². The van der Waals surface area contributed by atoms with Gasteiger partial charge in [-0.15, -0.1) is 0 Å². The Bertz CT molecular complexity index is 798. The van der Waals surface area contributed by atoms with E-state index < -0.39 is 0 Å². The Morgan fingerprint density at radius 1 is 1.38 bits per heavy atom. The zero-order valence-corrected chi connectivity index (χ0v) is 15.1. The van der Waals surface area contributed by atoms with Crippen LogP contribution in [0.25, 0.3) is 0 Å². The fourth-order valence-corrected chi connectivity index (χ4v) is 3.73. The van der Waals surface area contributed by atoms with Crippen molar-refractivity contribution in [3.8, 4) is 0 Å². The number of carbonyl (C=O) groups is 1. The van der Waals surface area contributed by atoms with Gasteiger partial charge in [-0.25, -0.2) is 0 Å². The van der Waals surface area contributed by atoms with Crippen molar-refractivity contribution in [1.82, 2.24) is 15.0 Å². The van der Waals surface area contributed by atoms with Crippen LogP contribution >= 0.6 is 0 Å². The van der Waals surface area contributed by atoms with E-state index in [1.165, 1.54) is 0 Å². The van der Waals surface area contributed by atoms with Gasteiger partial charge in [0.25, 0.3) is 5.91 Å². The Morgan fingerprint density at radius 3 is 2.96 bits per heavy atom. The summed E-state index contributed by atoms with van der Waals surface area (Å²) in [5.74, 6) is 0.818. The third kappa shape index (κ3) is 3.24. The molecule has 7 nitrogen and oxygen atoms in total. The van der Waals surface area contributed by atoms with Gasteiger partial charge in [0.15, 0.2) is 5.69 Å². The second-order valence-electron chi connectivity index (χ2n) is 7.17. The number of pyridine rings is 1. The maximum atomic E-state index is 12.4. The molecule has 4 rings (SSSR count). The van der Waals surface area contributed by atoms with E-state index in [4.69, 9.17) is 14.0 Å². The fourth-order valence-electron chi connectivity index (χ4n) is 3.73. The Hall–Kier alpha value is -2.25. The summed E-state index contributed by atoms with van der Waals surface area (Å²) < 4.78 is 16.9. The second-order valence-corrected chi connectivity index (χ2v) is 7.17. The van der Waals surface area contributed by atoms with E-state index in [0.29, 0.717) is 44.4 Å². The summed E-state index contributed by atoms with van der Waals surface area (Å²) in [6.45, 7) is 6.72. The van der Waals surface area contributed by atoms with E-state index >= 15 is 0 Å². The summed E-state index contributed by atoms with van der Waals surface area (Å²) in [5, 5.41) is 3.80. The molecule has 0 radical (unpaired) electrons. The number of hydrogen-bond donors (Lipinski definition) is 0. The molecule has 1 spiro atoms. The minimum Gasteiger partial charge on any atom is -0.375 e. The third-order valence-electron chi connectivity index (χ3n) is 5.17. The zero-order chi connectivity index (χ0) is 18.1. The maximum Gasteiger partial charge on any atom is 0.276 e. The van der Waals surface area contributed by atoms with Crippen molar-refractivity contribution < 1.29 is 18.8 Å². The van der Waals surface area contributed by atoms with Gasteiger partial charge < -0.3 is 18.9 Å². The molecule has 2 aromatic heterocycles. The fraction of sp³-hybridized carbons (Fsp3) is 0.526. The lowest BCUT2D eigenvalue weighted by Crippen LogP contribution is -2.66. The standard InChI is InChI=1S/C19H23N3O4/c1-13-4-3-5-16(20-13)10-24-9-15-6-7-25-19(15)11-22(12-19)18(23)17-8-14(2)26-21-17/h3-5,8,15H,6-7,9-12H2,1-2H3. The van der Waals surface area contributed by atoms with Crippen LogP contribution in [-0.2, 0) is 16.1 Å². The number of aryl methyl sites for hydroxylation is 2. The average Bonchev–Trinajstić information content (AvgIpc) is 3.19. The Morgan fingerprint density at radius 2 is 2.23 bits per heavy atom. The van der Waals surface area contributed by atoms with Gasteiger partial charge in [-0.05, 0) is 32.4 Å². The molecule has 26 heavy (non-hydrogen) atoms. The molecule has 1 unspecified atom stereocenters. The molecule has 2 fully saturated rings. The lowest BCUT2D eigenvalue weighted by Gasteiger charge is -2.49. The van der Waals surface area contributed by atoms with Crippen LogP contribution in [-0.4, -0.2) is 52.9 Å². The second kappa shape index (κ2) is 6.81. The van der Waals surface area contributed by atoms with E-state index in [1.54, 1.807) is 17.9 Å². The largest absolute Gasteiger partial charge is 0.375 e. The van der Waals surface area contributed by atoms with Crippen LogP contribution in [0.2, 0.25) is 0 Å². The molecule has 0 aromatic carbocycles. The predicted molar refractivity (Wildman–Crippen MR) is 92.6 cm³/mol. The van der Waals surface area contributed by atoms with E-state index in [1.807, 2.05) is 25.1 Å². The molecule has 0 N–H and O–H groups in total. The first kappa shape index (κ1) is 17.2. The number of nitrogens with zero attached hydrogens (tertiary/aromatic N) is 3. The van der Waals surface area contributed by atoms with Gasteiger partial charge in [0.1, 0.15) is 11.4 Å². The molecule has 7 heteroatoms.